The van der Waals surface area contributed by atoms with Crippen molar-refractivity contribution in [2.45, 2.75) is 32.2 Å². The van der Waals surface area contributed by atoms with Crippen LogP contribution in [-0.4, -0.2) is 33.1 Å². The van der Waals surface area contributed by atoms with Crippen LogP contribution in [0, 0.1) is 0 Å². The maximum Gasteiger partial charge on any atom is 0.258 e. The van der Waals surface area contributed by atoms with Crippen LogP contribution in [-0.2, 0) is 10.3 Å². The van der Waals surface area contributed by atoms with Crippen molar-refractivity contribution in [3.05, 3.63) is 36.2 Å². The number of H-pyrrole nitrogens is 1. The molecule has 0 radical (unpaired) electrons. The summed E-state index contributed by atoms with van der Waals surface area (Å²) < 4.78 is 5.44. The van der Waals surface area contributed by atoms with Crippen LogP contribution < -0.4 is 10.1 Å². The first-order chi connectivity index (χ1) is 10.2. The molecule has 1 heterocycles. The van der Waals surface area contributed by atoms with Crippen LogP contribution in [0.3, 0.4) is 0 Å². The third-order valence-electron chi connectivity index (χ3n) is 3.47. The molecular formula is C14H19N5O2. The van der Waals surface area contributed by atoms with E-state index in [9.17, 15) is 4.79 Å². The number of aromatic amines is 1. The van der Waals surface area contributed by atoms with Gasteiger partial charge in [0.25, 0.3) is 5.91 Å². The van der Waals surface area contributed by atoms with Gasteiger partial charge >= 0.3 is 0 Å². The van der Waals surface area contributed by atoms with E-state index in [2.05, 4.69) is 25.9 Å². The van der Waals surface area contributed by atoms with Gasteiger partial charge in [-0.05, 0) is 25.0 Å². The van der Waals surface area contributed by atoms with Crippen molar-refractivity contribution in [3.8, 4) is 5.75 Å². The Labute approximate surface area is 123 Å². The summed E-state index contributed by atoms with van der Waals surface area (Å²) in [6, 6.07) is 9.21. The monoisotopic (exact) mass is 289 g/mol. The molecule has 1 amide bonds. The Morgan fingerprint density at radius 1 is 1.29 bits per heavy atom. The molecule has 2 N–H and O–H groups in total. The highest BCUT2D eigenvalue weighted by Gasteiger charge is 2.34. The first-order valence-corrected chi connectivity index (χ1v) is 6.93. The first-order valence-electron chi connectivity index (χ1n) is 6.93. The molecule has 0 saturated heterocycles. The molecule has 7 heteroatoms. The number of hydrogen-bond donors (Lipinski definition) is 2. The number of hydrogen-bond acceptors (Lipinski definition) is 5. The number of carbonyl (C=O) groups excluding carboxylic acids is 1. The second kappa shape index (κ2) is 6.83. The predicted octanol–water partition coefficient (Wildman–Crippen LogP) is 1.41. The largest absolute Gasteiger partial charge is 0.484 e. The molecule has 1 aromatic heterocycles. The quantitative estimate of drug-likeness (QED) is 0.804. The summed E-state index contributed by atoms with van der Waals surface area (Å²) in [6.45, 7) is 3.89. The van der Waals surface area contributed by atoms with Gasteiger partial charge in [0.05, 0.1) is 0 Å². The van der Waals surface area contributed by atoms with Gasteiger partial charge in [-0.2, -0.15) is 5.21 Å². The molecule has 21 heavy (non-hydrogen) atoms. The SMILES string of the molecule is CCC(CC)(NC(=O)COc1ccccc1)c1nn[nH]n1. The molecule has 0 atom stereocenters. The summed E-state index contributed by atoms with van der Waals surface area (Å²) in [4.78, 5) is 12.1. The number of aromatic nitrogens is 4. The van der Waals surface area contributed by atoms with Crippen molar-refractivity contribution in [2.24, 2.45) is 0 Å². The number of nitrogens with one attached hydrogen (secondary N) is 2. The normalized spacial score (nSPS) is 11.1. The minimum Gasteiger partial charge on any atom is -0.484 e. The van der Waals surface area contributed by atoms with E-state index in [4.69, 9.17) is 4.74 Å². The Morgan fingerprint density at radius 2 is 2.00 bits per heavy atom. The van der Waals surface area contributed by atoms with Gasteiger partial charge in [-0.25, -0.2) is 0 Å². The molecule has 112 valence electrons. The van der Waals surface area contributed by atoms with Gasteiger partial charge in [0, 0.05) is 0 Å². The zero-order valence-corrected chi connectivity index (χ0v) is 12.2. The molecule has 2 aromatic rings. The van der Waals surface area contributed by atoms with Gasteiger partial charge in [-0.1, -0.05) is 37.3 Å². The smallest absolute Gasteiger partial charge is 0.258 e. The fraction of sp³-hybridized carbons (Fsp3) is 0.429. The van der Waals surface area contributed by atoms with E-state index in [1.807, 2.05) is 32.0 Å². The summed E-state index contributed by atoms with van der Waals surface area (Å²) >= 11 is 0. The minimum absolute atomic E-state index is 0.0520. The van der Waals surface area contributed by atoms with Crippen molar-refractivity contribution in [3.63, 3.8) is 0 Å². The molecule has 0 aliphatic rings. The van der Waals surface area contributed by atoms with Crippen molar-refractivity contribution in [2.75, 3.05) is 6.61 Å². The highest BCUT2D eigenvalue weighted by atomic mass is 16.5. The lowest BCUT2D eigenvalue weighted by Gasteiger charge is -2.29. The van der Waals surface area contributed by atoms with Crippen LogP contribution in [0.1, 0.15) is 32.5 Å². The molecule has 2 rings (SSSR count). The lowest BCUT2D eigenvalue weighted by molar-refractivity contribution is -0.125. The number of amides is 1. The average Bonchev–Trinajstić information content (AvgIpc) is 3.07. The molecule has 0 aliphatic carbocycles. The molecule has 7 nitrogen and oxygen atoms in total. The van der Waals surface area contributed by atoms with Crippen LogP contribution in [0.25, 0.3) is 0 Å². The number of benzene rings is 1. The first kappa shape index (κ1) is 15.0. The Hall–Kier alpha value is -2.44. The zero-order chi connectivity index (χ0) is 15.1. The van der Waals surface area contributed by atoms with Gasteiger partial charge < -0.3 is 10.1 Å². The van der Waals surface area contributed by atoms with Crippen molar-refractivity contribution < 1.29 is 9.53 Å². The lowest BCUT2D eigenvalue weighted by atomic mass is 9.92. The predicted molar refractivity (Wildman–Crippen MR) is 76.5 cm³/mol. The second-order valence-electron chi connectivity index (χ2n) is 4.67. The van der Waals surface area contributed by atoms with Gasteiger partial charge in [0.15, 0.2) is 12.4 Å². The van der Waals surface area contributed by atoms with E-state index in [1.165, 1.54) is 0 Å². The summed E-state index contributed by atoms with van der Waals surface area (Å²) in [5.41, 5.74) is -0.621. The maximum absolute atomic E-state index is 12.1. The van der Waals surface area contributed by atoms with E-state index in [-0.39, 0.29) is 12.5 Å². The Balaban J connectivity index is 1.99. The summed E-state index contributed by atoms with van der Waals surface area (Å²) in [5, 5.41) is 16.9. The second-order valence-corrected chi connectivity index (χ2v) is 4.67. The molecule has 1 aromatic carbocycles. The van der Waals surface area contributed by atoms with E-state index in [1.54, 1.807) is 12.1 Å². The number of rotatable bonds is 7. The number of nitrogens with zero attached hydrogens (tertiary/aromatic N) is 3. The fourth-order valence-corrected chi connectivity index (χ4v) is 2.13. The minimum atomic E-state index is -0.621. The molecular weight excluding hydrogens is 270 g/mol. The Kier molecular flexibility index (Phi) is 4.86. The summed E-state index contributed by atoms with van der Waals surface area (Å²) in [5.74, 6) is 0.929. The van der Waals surface area contributed by atoms with Crippen molar-refractivity contribution >= 4 is 5.91 Å². The van der Waals surface area contributed by atoms with Crippen LogP contribution in [0.5, 0.6) is 5.75 Å². The Morgan fingerprint density at radius 3 is 2.57 bits per heavy atom. The third-order valence-corrected chi connectivity index (χ3v) is 3.47. The van der Waals surface area contributed by atoms with E-state index in [0.717, 1.165) is 0 Å². The van der Waals surface area contributed by atoms with Crippen molar-refractivity contribution in [1.82, 2.24) is 25.9 Å². The average molecular weight is 289 g/mol. The summed E-state index contributed by atoms with van der Waals surface area (Å²) in [7, 11) is 0. The molecule has 0 aliphatic heterocycles. The number of carbonyl (C=O) groups is 1. The van der Waals surface area contributed by atoms with Crippen LogP contribution in [0.15, 0.2) is 30.3 Å². The molecule has 0 fully saturated rings. The molecule has 0 unspecified atom stereocenters. The van der Waals surface area contributed by atoms with Crippen LogP contribution in [0.4, 0.5) is 0 Å². The standard InChI is InChI=1S/C14H19N5O2/c1-3-14(4-2,13-16-18-19-17-13)15-12(20)10-21-11-8-6-5-7-9-11/h5-9H,3-4,10H2,1-2H3,(H,15,20)(H,16,17,18,19). The molecule has 0 saturated carbocycles. The van der Waals surface area contributed by atoms with Crippen LogP contribution in [0.2, 0.25) is 0 Å². The van der Waals surface area contributed by atoms with E-state index in [0.29, 0.717) is 24.4 Å². The van der Waals surface area contributed by atoms with E-state index < -0.39 is 5.54 Å². The number of ether oxygens (including phenoxy) is 1. The molecule has 0 bridgehead atoms. The van der Waals surface area contributed by atoms with Gasteiger partial charge in [0.2, 0.25) is 0 Å². The van der Waals surface area contributed by atoms with E-state index >= 15 is 0 Å². The fourth-order valence-electron chi connectivity index (χ4n) is 2.13. The molecule has 0 spiro atoms. The highest BCUT2D eigenvalue weighted by molar-refractivity contribution is 5.78. The Bertz CT molecular complexity index is 552. The van der Waals surface area contributed by atoms with Crippen LogP contribution >= 0.6 is 0 Å². The maximum atomic E-state index is 12.1. The lowest BCUT2D eigenvalue weighted by Crippen LogP contribution is -2.47. The topological polar surface area (TPSA) is 92.8 Å². The number of tetrazole rings is 1. The van der Waals surface area contributed by atoms with Gasteiger partial charge in [-0.3, -0.25) is 4.79 Å². The number of para-hydroxylation sites is 1. The van der Waals surface area contributed by atoms with Gasteiger partial charge in [0.1, 0.15) is 11.3 Å². The summed E-state index contributed by atoms with van der Waals surface area (Å²) in [6.07, 6.45) is 1.33. The van der Waals surface area contributed by atoms with Crippen molar-refractivity contribution in [1.29, 1.82) is 0 Å². The zero-order valence-electron chi connectivity index (χ0n) is 12.2. The highest BCUT2D eigenvalue weighted by Crippen LogP contribution is 2.24. The third kappa shape index (κ3) is 3.56. The van der Waals surface area contributed by atoms with Gasteiger partial charge in [-0.15, -0.1) is 10.2 Å².